The highest BCUT2D eigenvalue weighted by Gasteiger charge is 2.29. The molecular formula is C16H20N6O3. The molecule has 132 valence electrons. The number of anilines is 1. The van der Waals surface area contributed by atoms with Crippen LogP contribution in [-0.4, -0.2) is 56.3 Å². The van der Waals surface area contributed by atoms with Crippen LogP contribution in [0.5, 0.6) is 0 Å². The molecule has 3 heterocycles. The Kier molecular flexibility index (Phi) is 5.22. The smallest absolute Gasteiger partial charge is 0.409 e. The summed E-state index contributed by atoms with van der Waals surface area (Å²) in [6.45, 7) is 3.09. The highest BCUT2D eigenvalue weighted by Crippen LogP contribution is 2.19. The molecule has 9 nitrogen and oxygen atoms in total. The highest BCUT2D eigenvalue weighted by molar-refractivity contribution is 5.92. The summed E-state index contributed by atoms with van der Waals surface area (Å²) in [5.41, 5.74) is 0.599. The first-order chi connectivity index (χ1) is 12.2. The number of hydrogen-bond donors (Lipinski definition) is 1. The van der Waals surface area contributed by atoms with E-state index < -0.39 is 0 Å². The molecule has 2 aromatic rings. The van der Waals surface area contributed by atoms with Gasteiger partial charge in [-0.15, -0.1) is 0 Å². The summed E-state index contributed by atoms with van der Waals surface area (Å²) in [5.74, 6) is 0.235. The van der Waals surface area contributed by atoms with Gasteiger partial charge in [0.2, 0.25) is 5.91 Å². The molecule has 0 radical (unpaired) electrons. The number of nitrogens with one attached hydrogen (secondary N) is 1. The Labute approximate surface area is 145 Å². The fraction of sp³-hybridized carbons (Fsp3) is 0.438. The van der Waals surface area contributed by atoms with Crippen LogP contribution in [0.15, 0.2) is 31.0 Å². The molecule has 9 heteroatoms. The summed E-state index contributed by atoms with van der Waals surface area (Å²) in [6, 6.07) is 3.50. The third-order valence-electron chi connectivity index (χ3n) is 3.99. The minimum absolute atomic E-state index is 0.121. The van der Waals surface area contributed by atoms with Crippen LogP contribution in [0.4, 0.5) is 10.5 Å². The number of likely N-dealkylation sites (tertiary alicyclic amines) is 1. The van der Waals surface area contributed by atoms with Gasteiger partial charge in [-0.25, -0.2) is 19.4 Å². The van der Waals surface area contributed by atoms with E-state index in [2.05, 4.69) is 20.4 Å². The second-order valence-corrected chi connectivity index (χ2v) is 5.72. The van der Waals surface area contributed by atoms with Crippen LogP contribution < -0.4 is 5.32 Å². The van der Waals surface area contributed by atoms with Gasteiger partial charge >= 0.3 is 6.09 Å². The molecule has 0 unspecified atom stereocenters. The maximum atomic E-state index is 12.5. The predicted octanol–water partition coefficient (Wildman–Crippen LogP) is 1.47. The van der Waals surface area contributed by atoms with Crippen molar-refractivity contribution in [2.45, 2.75) is 19.8 Å². The normalized spacial score (nSPS) is 17.2. The van der Waals surface area contributed by atoms with Gasteiger partial charge in [-0.05, 0) is 31.9 Å². The van der Waals surface area contributed by atoms with Crippen molar-refractivity contribution in [2.24, 2.45) is 5.92 Å². The average Bonchev–Trinajstić information content (AvgIpc) is 3.17. The van der Waals surface area contributed by atoms with E-state index in [1.165, 1.54) is 11.0 Å². The quantitative estimate of drug-likeness (QED) is 0.901. The summed E-state index contributed by atoms with van der Waals surface area (Å²) >= 11 is 0. The first kappa shape index (κ1) is 16.9. The van der Waals surface area contributed by atoms with Crippen LogP contribution in [0.2, 0.25) is 0 Å². The van der Waals surface area contributed by atoms with Crippen LogP contribution in [0, 0.1) is 5.92 Å². The van der Waals surface area contributed by atoms with Gasteiger partial charge in [-0.2, -0.15) is 5.10 Å². The molecule has 0 bridgehead atoms. The minimum Gasteiger partial charge on any atom is -0.450 e. The summed E-state index contributed by atoms with van der Waals surface area (Å²) in [5, 5.41) is 6.85. The standard InChI is InChI=1S/C16H20N6O3/c1-2-25-16(24)21-7-3-4-12(9-21)15(23)20-13-5-6-14(18-8-13)22-11-17-10-19-22/h5-6,8,10-12H,2-4,7,9H2,1H3,(H,20,23)/t12-/m1/s1. The highest BCUT2D eigenvalue weighted by atomic mass is 16.6. The second kappa shape index (κ2) is 7.73. The summed E-state index contributed by atoms with van der Waals surface area (Å²) < 4.78 is 6.54. The Hall–Kier alpha value is -2.97. The number of pyridine rings is 1. The lowest BCUT2D eigenvalue weighted by atomic mass is 9.97. The largest absolute Gasteiger partial charge is 0.450 e. The van der Waals surface area contributed by atoms with Crippen molar-refractivity contribution >= 4 is 17.7 Å². The molecule has 1 atom stereocenters. The summed E-state index contributed by atoms with van der Waals surface area (Å²) in [6.07, 6.45) is 5.70. The molecule has 3 rings (SSSR count). The predicted molar refractivity (Wildman–Crippen MR) is 89.1 cm³/mol. The van der Waals surface area contributed by atoms with Crippen molar-refractivity contribution in [2.75, 3.05) is 25.0 Å². The van der Waals surface area contributed by atoms with Gasteiger partial charge in [0.05, 0.1) is 24.4 Å². The van der Waals surface area contributed by atoms with Gasteiger partial charge < -0.3 is 15.0 Å². The van der Waals surface area contributed by atoms with Crippen molar-refractivity contribution in [3.63, 3.8) is 0 Å². The van der Waals surface area contributed by atoms with E-state index >= 15 is 0 Å². The van der Waals surface area contributed by atoms with Crippen molar-refractivity contribution < 1.29 is 14.3 Å². The number of carbonyl (C=O) groups excluding carboxylic acids is 2. The van der Waals surface area contributed by atoms with E-state index in [0.717, 1.165) is 12.8 Å². The molecule has 0 aliphatic carbocycles. The van der Waals surface area contributed by atoms with E-state index in [0.29, 0.717) is 31.2 Å². The Morgan fingerprint density at radius 1 is 1.40 bits per heavy atom. The molecule has 2 amide bonds. The van der Waals surface area contributed by atoms with Gasteiger partial charge in [0.1, 0.15) is 12.7 Å². The molecule has 2 aromatic heterocycles. The Morgan fingerprint density at radius 2 is 2.28 bits per heavy atom. The SMILES string of the molecule is CCOC(=O)N1CCC[C@@H](C(=O)Nc2ccc(-n3cncn3)nc2)C1. The molecule has 1 saturated heterocycles. The van der Waals surface area contributed by atoms with Crippen LogP contribution in [0.3, 0.4) is 0 Å². The lowest BCUT2D eigenvalue weighted by molar-refractivity contribution is -0.121. The van der Waals surface area contributed by atoms with Gasteiger partial charge in [-0.1, -0.05) is 0 Å². The molecule has 0 spiro atoms. The van der Waals surface area contributed by atoms with Crippen LogP contribution in [-0.2, 0) is 9.53 Å². The lowest BCUT2D eigenvalue weighted by Crippen LogP contribution is -2.44. The van der Waals surface area contributed by atoms with Gasteiger partial charge in [0.15, 0.2) is 5.82 Å². The van der Waals surface area contributed by atoms with Crippen molar-refractivity contribution in [3.05, 3.63) is 31.0 Å². The third-order valence-corrected chi connectivity index (χ3v) is 3.99. The van der Waals surface area contributed by atoms with Crippen LogP contribution in [0.25, 0.3) is 5.82 Å². The lowest BCUT2D eigenvalue weighted by Gasteiger charge is -2.31. The number of nitrogens with zero attached hydrogens (tertiary/aromatic N) is 5. The Bertz CT molecular complexity index is 716. The zero-order valence-corrected chi connectivity index (χ0v) is 14.0. The molecular weight excluding hydrogens is 324 g/mol. The molecule has 1 fully saturated rings. The van der Waals surface area contributed by atoms with E-state index in [1.807, 2.05) is 0 Å². The molecule has 1 aliphatic heterocycles. The Morgan fingerprint density at radius 3 is 2.96 bits per heavy atom. The van der Waals surface area contributed by atoms with E-state index in [9.17, 15) is 9.59 Å². The number of aromatic nitrogens is 4. The second-order valence-electron chi connectivity index (χ2n) is 5.72. The third kappa shape index (κ3) is 4.11. The fourth-order valence-corrected chi connectivity index (χ4v) is 2.74. The zero-order chi connectivity index (χ0) is 17.6. The molecule has 0 aromatic carbocycles. The Balaban J connectivity index is 1.59. The van der Waals surface area contributed by atoms with Crippen molar-refractivity contribution in [3.8, 4) is 5.82 Å². The number of piperidine rings is 1. The maximum Gasteiger partial charge on any atom is 0.409 e. The molecule has 1 aliphatic rings. The molecule has 25 heavy (non-hydrogen) atoms. The average molecular weight is 344 g/mol. The van der Waals surface area contributed by atoms with Crippen molar-refractivity contribution in [1.29, 1.82) is 0 Å². The van der Waals surface area contributed by atoms with E-state index in [-0.39, 0.29) is 17.9 Å². The van der Waals surface area contributed by atoms with Crippen LogP contribution >= 0.6 is 0 Å². The first-order valence-corrected chi connectivity index (χ1v) is 8.21. The molecule has 1 N–H and O–H groups in total. The van der Waals surface area contributed by atoms with Gasteiger partial charge in [-0.3, -0.25) is 4.79 Å². The minimum atomic E-state index is -0.362. The monoisotopic (exact) mass is 344 g/mol. The number of amides is 2. The summed E-state index contributed by atoms with van der Waals surface area (Å²) in [4.78, 5) is 34.0. The van der Waals surface area contributed by atoms with Crippen LogP contribution in [0.1, 0.15) is 19.8 Å². The zero-order valence-electron chi connectivity index (χ0n) is 14.0. The topological polar surface area (TPSA) is 102 Å². The van der Waals surface area contributed by atoms with Gasteiger partial charge in [0.25, 0.3) is 0 Å². The van der Waals surface area contributed by atoms with Crippen molar-refractivity contribution in [1.82, 2.24) is 24.6 Å². The summed E-state index contributed by atoms with van der Waals surface area (Å²) in [7, 11) is 0. The van der Waals surface area contributed by atoms with E-state index in [1.54, 1.807) is 36.5 Å². The fourth-order valence-electron chi connectivity index (χ4n) is 2.74. The van der Waals surface area contributed by atoms with Gasteiger partial charge in [0, 0.05) is 13.1 Å². The number of ether oxygens (including phenoxy) is 1. The number of rotatable bonds is 4. The number of carbonyl (C=O) groups is 2. The van der Waals surface area contributed by atoms with E-state index in [4.69, 9.17) is 4.74 Å². The number of hydrogen-bond acceptors (Lipinski definition) is 6. The first-order valence-electron chi connectivity index (χ1n) is 8.21. The maximum absolute atomic E-state index is 12.5. The molecule has 0 saturated carbocycles.